The van der Waals surface area contributed by atoms with Crippen LogP contribution in [0.1, 0.15) is 19.4 Å². The monoisotopic (exact) mass is 412 g/mol. The van der Waals surface area contributed by atoms with E-state index in [2.05, 4.69) is 6.92 Å². The van der Waals surface area contributed by atoms with Crippen molar-refractivity contribution in [2.75, 3.05) is 38.7 Å². The van der Waals surface area contributed by atoms with Crippen molar-refractivity contribution >= 4 is 35.2 Å². The first kappa shape index (κ1) is 20.1. The number of carbonyl (C=O) groups excluding carboxylic acids is 3. The molecule has 0 spiro atoms. The number of ether oxygens (including phenoxy) is 1. The summed E-state index contributed by atoms with van der Waals surface area (Å²) in [5.41, 5.74) is 1.95. The van der Waals surface area contributed by atoms with Gasteiger partial charge in [0.25, 0.3) is 5.91 Å². The molecule has 3 heterocycles. The molecule has 3 amide bonds. The summed E-state index contributed by atoms with van der Waals surface area (Å²) in [7, 11) is 3.22. The van der Waals surface area contributed by atoms with Crippen LogP contribution in [0, 0.1) is 12.8 Å². The third kappa shape index (κ3) is 3.05. The van der Waals surface area contributed by atoms with Crippen LogP contribution in [-0.4, -0.2) is 83.7 Å². The third-order valence-electron chi connectivity index (χ3n) is 5.64. The Bertz CT molecular complexity index is 1010. The van der Waals surface area contributed by atoms with Crippen molar-refractivity contribution in [3.8, 4) is 5.75 Å². The number of hydrogen-bond acceptors (Lipinski definition) is 6. The maximum atomic E-state index is 13.2. The van der Waals surface area contributed by atoms with E-state index < -0.39 is 18.0 Å². The number of Topliss-reactive ketones (excluding diaryl/α,β-unsaturated/α-hetero) is 1. The van der Waals surface area contributed by atoms with E-state index in [0.29, 0.717) is 30.6 Å². The fourth-order valence-corrected chi connectivity index (χ4v) is 4.28. The fourth-order valence-electron chi connectivity index (χ4n) is 4.28. The largest absolute Gasteiger partial charge is 0.493 e. The molecule has 158 valence electrons. The summed E-state index contributed by atoms with van der Waals surface area (Å²) in [6.45, 7) is 6.58. The molecule has 3 aliphatic rings. The summed E-state index contributed by atoms with van der Waals surface area (Å²) in [5.74, 6) is 1.31. The maximum absolute atomic E-state index is 13.2. The van der Waals surface area contributed by atoms with Gasteiger partial charge in [0, 0.05) is 13.0 Å². The van der Waals surface area contributed by atoms with Gasteiger partial charge < -0.3 is 4.74 Å². The van der Waals surface area contributed by atoms with Gasteiger partial charge >= 0.3 is 12.0 Å². The highest BCUT2D eigenvalue weighted by atomic mass is 16.5. The second kappa shape index (κ2) is 7.23. The average Bonchev–Trinajstić information content (AvgIpc) is 3.08. The van der Waals surface area contributed by atoms with Gasteiger partial charge in [0.15, 0.2) is 5.75 Å². The number of aryl methyl sites for hydroxylation is 1. The lowest BCUT2D eigenvalue weighted by Crippen LogP contribution is -2.64. The fraction of sp³-hybridized carbons (Fsp3) is 0.476. The average molecular weight is 412 g/mol. The Hall–Kier alpha value is -3.23. The summed E-state index contributed by atoms with van der Waals surface area (Å²) in [6.07, 6.45) is 0. The predicted molar refractivity (Wildman–Crippen MR) is 111 cm³/mol. The Morgan fingerprint density at radius 3 is 2.73 bits per heavy atom. The van der Waals surface area contributed by atoms with Crippen molar-refractivity contribution in [3.05, 3.63) is 23.8 Å². The van der Waals surface area contributed by atoms with E-state index in [0.717, 1.165) is 16.2 Å². The van der Waals surface area contributed by atoms with Gasteiger partial charge in [0.1, 0.15) is 11.5 Å². The number of carbonyl (C=O) groups is 3. The van der Waals surface area contributed by atoms with Crippen LogP contribution in [0.15, 0.2) is 23.2 Å². The molecule has 0 bridgehead atoms. The Kier molecular flexibility index (Phi) is 4.83. The minimum absolute atomic E-state index is 0.236. The molecule has 9 nitrogen and oxygen atoms in total. The first-order valence-electron chi connectivity index (χ1n) is 9.95. The van der Waals surface area contributed by atoms with E-state index in [-0.39, 0.29) is 18.2 Å². The van der Waals surface area contributed by atoms with Crippen LogP contribution in [-0.2, 0) is 9.59 Å². The van der Waals surface area contributed by atoms with Crippen LogP contribution < -0.4 is 9.64 Å². The van der Waals surface area contributed by atoms with E-state index in [9.17, 15) is 14.4 Å². The van der Waals surface area contributed by atoms with E-state index in [1.54, 1.807) is 14.2 Å². The first-order chi connectivity index (χ1) is 14.2. The minimum atomic E-state index is -0.719. The van der Waals surface area contributed by atoms with E-state index >= 15 is 0 Å². The Morgan fingerprint density at radius 1 is 1.33 bits per heavy atom. The molecule has 1 fully saturated rings. The highest BCUT2D eigenvalue weighted by Crippen LogP contribution is 2.34. The number of benzene rings is 1. The molecule has 0 aliphatic carbocycles. The molecule has 1 aromatic rings. The summed E-state index contributed by atoms with van der Waals surface area (Å²) in [4.78, 5) is 46.8. The number of fused-ring (bicyclic) bond motifs is 2. The van der Waals surface area contributed by atoms with Crippen molar-refractivity contribution in [3.63, 3.8) is 0 Å². The number of urea groups is 1. The van der Waals surface area contributed by atoms with Gasteiger partial charge in [-0.3, -0.25) is 19.4 Å². The number of methoxy groups -OCH3 is 1. The van der Waals surface area contributed by atoms with Crippen LogP contribution in [0.3, 0.4) is 0 Å². The molecule has 2 atom stereocenters. The molecule has 0 saturated carbocycles. The van der Waals surface area contributed by atoms with E-state index in [1.807, 2.05) is 34.6 Å². The van der Waals surface area contributed by atoms with Gasteiger partial charge in [0.2, 0.25) is 11.9 Å². The minimum Gasteiger partial charge on any atom is -0.493 e. The van der Waals surface area contributed by atoms with Gasteiger partial charge in [0.05, 0.1) is 26.7 Å². The molecule has 1 saturated heterocycles. The van der Waals surface area contributed by atoms with Gasteiger partial charge in [-0.1, -0.05) is 18.0 Å². The third-order valence-corrected chi connectivity index (χ3v) is 5.64. The molecule has 1 aromatic carbocycles. The number of imide groups is 1. The van der Waals surface area contributed by atoms with Gasteiger partial charge in [-0.2, -0.15) is 0 Å². The molecule has 9 heteroatoms. The first-order valence-corrected chi connectivity index (χ1v) is 9.95. The number of anilines is 1. The lowest BCUT2D eigenvalue weighted by Gasteiger charge is -2.35. The second-order valence-corrected chi connectivity index (χ2v) is 8.18. The molecule has 2 unspecified atom stereocenters. The Morgan fingerprint density at radius 2 is 2.07 bits per heavy atom. The highest BCUT2D eigenvalue weighted by Gasteiger charge is 2.55. The Labute approximate surface area is 175 Å². The summed E-state index contributed by atoms with van der Waals surface area (Å²) in [6, 6.07) is 4.68. The molecular formula is C21H26N5O4+. The van der Waals surface area contributed by atoms with Gasteiger partial charge in [-0.25, -0.2) is 14.3 Å². The van der Waals surface area contributed by atoms with Crippen LogP contribution in [0.5, 0.6) is 5.75 Å². The van der Waals surface area contributed by atoms with Crippen LogP contribution in [0.25, 0.3) is 0 Å². The normalized spacial score (nSPS) is 23.5. The molecule has 3 aliphatic heterocycles. The summed E-state index contributed by atoms with van der Waals surface area (Å²) in [5, 5.41) is 0. The molecule has 30 heavy (non-hydrogen) atoms. The number of guanidine groups is 1. The van der Waals surface area contributed by atoms with Crippen molar-refractivity contribution in [1.29, 1.82) is 0 Å². The second-order valence-electron chi connectivity index (χ2n) is 8.18. The quantitative estimate of drug-likeness (QED) is 0.691. The zero-order valence-corrected chi connectivity index (χ0v) is 17.9. The van der Waals surface area contributed by atoms with Crippen molar-refractivity contribution in [2.45, 2.75) is 26.8 Å². The van der Waals surface area contributed by atoms with Gasteiger partial charge in [-0.05, 0) is 31.5 Å². The molecule has 4 rings (SSSR count). The number of amides is 3. The number of rotatable bonds is 4. The maximum Gasteiger partial charge on any atom is 0.397 e. The van der Waals surface area contributed by atoms with Crippen molar-refractivity contribution in [2.24, 2.45) is 10.9 Å². The highest BCUT2D eigenvalue weighted by molar-refractivity contribution is 6.24. The van der Waals surface area contributed by atoms with Crippen molar-refractivity contribution < 1.29 is 23.7 Å². The number of hydrogen-bond donors (Lipinski definition) is 0. The lowest BCUT2D eigenvalue weighted by atomic mass is 10.1. The van der Waals surface area contributed by atoms with E-state index in [1.165, 1.54) is 11.8 Å². The zero-order valence-electron chi connectivity index (χ0n) is 17.9. The molecule has 0 N–H and O–H groups in total. The standard InChI is InChI=1S/C21H26N5O4/c1-12-6-7-16(30-5)15(8-12)24-9-13(2)10-25-17-18(22-20(24)25)23(4)21(29)26(19(17)28)11-14(3)27/h6-8,13,17H,9-11H2,1-5H3/q+1. The number of amidine groups is 1. The summed E-state index contributed by atoms with van der Waals surface area (Å²) >= 11 is 0. The Balaban J connectivity index is 1.82. The number of likely N-dealkylation sites (N-methyl/N-ethyl adjacent to an activating group) is 1. The summed E-state index contributed by atoms with van der Waals surface area (Å²) < 4.78 is 7.51. The number of ketones is 1. The predicted octanol–water partition coefficient (Wildman–Crippen LogP) is 1.09. The SMILES string of the molecule is COc1ccc(C)cc1N1CC(C)C[N+]2=C1N=C1C2C(=O)N(CC(C)=O)C(=O)N1C. The molecule has 0 aromatic heterocycles. The van der Waals surface area contributed by atoms with Gasteiger partial charge in [-0.15, -0.1) is 0 Å². The smallest absolute Gasteiger partial charge is 0.397 e. The molecule has 0 radical (unpaired) electrons. The van der Waals surface area contributed by atoms with Crippen molar-refractivity contribution in [1.82, 2.24) is 9.80 Å². The molecular weight excluding hydrogens is 386 g/mol. The van der Waals surface area contributed by atoms with Crippen LogP contribution in [0.4, 0.5) is 10.5 Å². The van der Waals surface area contributed by atoms with E-state index in [4.69, 9.17) is 9.73 Å². The number of nitrogens with zero attached hydrogens (tertiary/aromatic N) is 5. The number of aliphatic imine (C=N–C) groups is 1. The van der Waals surface area contributed by atoms with Crippen LogP contribution in [0.2, 0.25) is 0 Å². The van der Waals surface area contributed by atoms with Crippen LogP contribution >= 0.6 is 0 Å². The zero-order chi connectivity index (χ0) is 21.7. The lowest BCUT2D eigenvalue weighted by molar-refractivity contribution is -0.545. The topological polar surface area (TPSA) is 85.5 Å².